The molecule has 2 rings (SSSR count). The van der Waals surface area contributed by atoms with E-state index in [-0.39, 0.29) is 43.0 Å². The molecule has 0 aliphatic carbocycles. The molecule has 2 aromatic heterocycles. The molecule has 0 saturated carbocycles. The Morgan fingerprint density at radius 2 is 1.04 bits per heavy atom. The Morgan fingerprint density at radius 1 is 0.574 bits per heavy atom. The molecule has 15 heteroatoms. The highest BCUT2D eigenvalue weighted by molar-refractivity contribution is 5.95. The van der Waals surface area contributed by atoms with Gasteiger partial charge >= 0.3 is 0 Å². The van der Waals surface area contributed by atoms with Gasteiger partial charge in [-0.15, -0.1) is 0 Å². The van der Waals surface area contributed by atoms with Crippen molar-refractivity contribution in [1.82, 2.24) is 46.5 Å². The predicted octanol–water partition coefficient (Wildman–Crippen LogP) is 3.51. The second-order valence-electron chi connectivity index (χ2n) is 14.9. The summed E-state index contributed by atoms with van der Waals surface area (Å²) in [5.74, 6) is -2.64. The van der Waals surface area contributed by atoms with E-state index in [0.717, 1.165) is 38.5 Å². The van der Waals surface area contributed by atoms with Gasteiger partial charge in [-0.05, 0) is 39.5 Å². The van der Waals surface area contributed by atoms with E-state index in [0.29, 0.717) is 18.0 Å². The van der Waals surface area contributed by atoms with Crippen LogP contribution in [0.4, 0.5) is 0 Å². The Hall–Kier alpha value is -4.27. The van der Waals surface area contributed by atoms with Crippen molar-refractivity contribution in [3.8, 4) is 0 Å². The van der Waals surface area contributed by atoms with Crippen molar-refractivity contribution in [3.05, 3.63) is 36.4 Å². The van der Waals surface area contributed by atoms with E-state index in [4.69, 9.17) is 5.11 Å². The Kier molecular flexibility index (Phi) is 22.5. The number of aliphatic hydroxyl groups is 1. The van der Waals surface area contributed by atoms with Crippen LogP contribution in [-0.2, 0) is 36.8 Å². The predicted molar refractivity (Wildman–Crippen MR) is 208 cm³/mol. The molecule has 8 N–H and O–H groups in total. The van der Waals surface area contributed by atoms with Gasteiger partial charge in [0.1, 0.15) is 24.2 Å². The number of aromatic nitrogens is 4. The van der Waals surface area contributed by atoms with Crippen molar-refractivity contribution in [3.63, 3.8) is 0 Å². The maximum Gasteiger partial charge on any atom is 0.243 e. The summed E-state index contributed by atoms with van der Waals surface area (Å²) in [6.07, 6.45) is 21.4. The van der Waals surface area contributed by atoms with E-state index in [9.17, 15) is 24.0 Å². The minimum absolute atomic E-state index is 0.130. The molecule has 2 heterocycles. The van der Waals surface area contributed by atoms with Gasteiger partial charge in [-0.25, -0.2) is 9.97 Å². The van der Waals surface area contributed by atoms with Crippen LogP contribution < -0.4 is 26.6 Å². The zero-order valence-electron chi connectivity index (χ0n) is 33.2. The van der Waals surface area contributed by atoms with E-state index in [1.165, 1.54) is 64.5 Å². The minimum atomic E-state index is -1.04. The first-order valence-corrected chi connectivity index (χ1v) is 20.0. The van der Waals surface area contributed by atoms with E-state index >= 15 is 0 Å². The molecule has 0 saturated heterocycles. The Bertz CT molecular complexity index is 1350. The second kappa shape index (κ2) is 26.5. The number of hydrogen-bond donors (Lipinski definition) is 8. The maximum atomic E-state index is 13.5. The van der Waals surface area contributed by atoms with Gasteiger partial charge in [-0.1, -0.05) is 84.5 Å². The Morgan fingerprint density at radius 3 is 1.48 bits per heavy atom. The monoisotopic (exact) mass is 758 g/mol. The first kappa shape index (κ1) is 45.9. The fraction of sp³-hybridized carbons (Fsp3) is 0.718. The minimum Gasteiger partial charge on any atom is -0.396 e. The van der Waals surface area contributed by atoms with Gasteiger partial charge in [-0.2, -0.15) is 0 Å². The molecule has 0 aliphatic rings. The number of aromatic amines is 2. The standard InChI is InChI=1S/C39H67N9O6/c1-27(2)35(39(54)47-33(37(52)44-28(3)4)22-31-24-41-26-43-31)48-36(51)29(5)45-38(53)32(21-30-23-40-25-42-30)46-34(50)19-17-15-13-11-9-7-6-8-10-12-14-16-18-20-49/h23-29,32-33,35,49H,6-22H2,1-5H3,(H,40,42)(H,41,43)(H,44,52)(H,45,53)(H,46,50)(H,47,54)(H,48,51)/t29-,32-,33-,35-/m0/s1. The number of hydrogen-bond acceptors (Lipinski definition) is 8. The number of nitrogens with one attached hydrogen (secondary N) is 7. The zero-order chi connectivity index (χ0) is 39.7. The van der Waals surface area contributed by atoms with Gasteiger partial charge in [0.15, 0.2) is 0 Å². The van der Waals surface area contributed by atoms with Gasteiger partial charge < -0.3 is 41.7 Å². The number of amides is 5. The Labute approximate surface area is 321 Å². The number of rotatable bonds is 29. The summed E-state index contributed by atoms with van der Waals surface area (Å²) >= 11 is 0. The summed E-state index contributed by atoms with van der Waals surface area (Å²) in [7, 11) is 0. The topological polar surface area (TPSA) is 223 Å². The van der Waals surface area contributed by atoms with Crippen molar-refractivity contribution >= 4 is 29.5 Å². The average molecular weight is 758 g/mol. The molecular weight excluding hydrogens is 690 g/mol. The van der Waals surface area contributed by atoms with Crippen molar-refractivity contribution in [2.24, 2.45) is 5.92 Å². The SMILES string of the molecule is CC(C)NC(=O)[C@H](Cc1c[nH]cn1)NC(=O)[C@@H](NC(=O)[C@H](C)NC(=O)[C@H](Cc1c[nH]cn1)NC(=O)CCCCCCCCCCCCCCCO)C(C)C. The number of carbonyl (C=O) groups excluding carboxylic acids is 5. The van der Waals surface area contributed by atoms with Crippen LogP contribution in [0.2, 0.25) is 0 Å². The van der Waals surface area contributed by atoms with Gasteiger partial charge in [-0.3, -0.25) is 24.0 Å². The number of imidazole rings is 2. The van der Waals surface area contributed by atoms with E-state index in [1.807, 2.05) is 13.8 Å². The number of aliphatic hydroxyl groups excluding tert-OH is 1. The van der Waals surface area contributed by atoms with Gasteiger partial charge in [0.25, 0.3) is 0 Å². The first-order valence-electron chi connectivity index (χ1n) is 20.0. The molecule has 0 spiro atoms. The van der Waals surface area contributed by atoms with Crippen molar-refractivity contribution < 1.29 is 29.1 Å². The molecule has 304 valence electrons. The van der Waals surface area contributed by atoms with Crippen LogP contribution in [0, 0.1) is 5.92 Å². The van der Waals surface area contributed by atoms with Gasteiger partial charge in [0.2, 0.25) is 29.5 Å². The molecule has 54 heavy (non-hydrogen) atoms. The highest BCUT2D eigenvalue weighted by atomic mass is 16.3. The summed E-state index contributed by atoms with van der Waals surface area (Å²) < 4.78 is 0. The average Bonchev–Trinajstić information content (AvgIpc) is 3.84. The Balaban J connectivity index is 1.85. The molecule has 0 unspecified atom stereocenters. The fourth-order valence-corrected chi connectivity index (χ4v) is 6.09. The third-order valence-electron chi connectivity index (χ3n) is 9.21. The van der Waals surface area contributed by atoms with E-state index in [2.05, 4.69) is 46.5 Å². The summed E-state index contributed by atoms with van der Waals surface area (Å²) in [6.45, 7) is 8.98. The third kappa shape index (κ3) is 19.2. The molecule has 0 fully saturated rings. The lowest BCUT2D eigenvalue weighted by molar-refractivity contribution is -0.135. The second-order valence-corrected chi connectivity index (χ2v) is 14.9. The molecule has 0 radical (unpaired) electrons. The molecule has 5 amide bonds. The van der Waals surface area contributed by atoms with Crippen molar-refractivity contribution in [2.75, 3.05) is 6.61 Å². The number of nitrogens with zero attached hydrogens (tertiary/aromatic N) is 2. The lowest BCUT2D eigenvalue weighted by Crippen LogP contribution is -2.59. The van der Waals surface area contributed by atoms with Gasteiger partial charge in [0.05, 0.1) is 24.0 Å². The summed E-state index contributed by atoms with van der Waals surface area (Å²) in [5.41, 5.74) is 1.17. The van der Waals surface area contributed by atoms with Crippen LogP contribution in [-0.4, -0.2) is 91.4 Å². The van der Waals surface area contributed by atoms with E-state index in [1.54, 1.807) is 26.2 Å². The molecule has 2 aromatic rings. The van der Waals surface area contributed by atoms with Gasteiger partial charge in [0, 0.05) is 44.3 Å². The lowest BCUT2D eigenvalue weighted by Gasteiger charge is -2.27. The fourth-order valence-electron chi connectivity index (χ4n) is 6.09. The zero-order valence-corrected chi connectivity index (χ0v) is 33.2. The quantitative estimate of drug-likeness (QED) is 0.0572. The molecule has 0 bridgehead atoms. The van der Waals surface area contributed by atoms with Crippen LogP contribution in [0.15, 0.2) is 25.0 Å². The largest absolute Gasteiger partial charge is 0.396 e. The smallest absolute Gasteiger partial charge is 0.243 e. The van der Waals surface area contributed by atoms with Crippen molar-refractivity contribution in [1.29, 1.82) is 0 Å². The highest BCUT2D eigenvalue weighted by Gasteiger charge is 2.32. The highest BCUT2D eigenvalue weighted by Crippen LogP contribution is 2.13. The van der Waals surface area contributed by atoms with Crippen LogP contribution in [0.25, 0.3) is 0 Å². The summed E-state index contributed by atoms with van der Waals surface area (Å²) in [4.78, 5) is 80.2. The van der Waals surface area contributed by atoms with Crippen molar-refractivity contribution in [2.45, 2.75) is 168 Å². The van der Waals surface area contributed by atoms with Crippen LogP contribution in [0.5, 0.6) is 0 Å². The first-order chi connectivity index (χ1) is 25.9. The molecule has 0 aliphatic heterocycles. The molecule has 15 nitrogen and oxygen atoms in total. The van der Waals surface area contributed by atoms with Crippen LogP contribution >= 0.6 is 0 Å². The normalized spacial score (nSPS) is 13.6. The number of unbranched alkanes of at least 4 members (excludes halogenated alkanes) is 12. The van der Waals surface area contributed by atoms with Crippen LogP contribution in [0.3, 0.4) is 0 Å². The van der Waals surface area contributed by atoms with E-state index < -0.39 is 41.9 Å². The molecule has 4 atom stereocenters. The van der Waals surface area contributed by atoms with Crippen LogP contribution in [0.1, 0.15) is 136 Å². The molecular formula is C39H67N9O6. The summed E-state index contributed by atoms with van der Waals surface area (Å²) in [5, 5.41) is 22.7. The molecule has 0 aromatic carbocycles. The maximum absolute atomic E-state index is 13.5. The number of H-pyrrole nitrogens is 2. The number of carbonyl (C=O) groups is 5. The lowest BCUT2D eigenvalue weighted by atomic mass is 10.0. The third-order valence-corrected chi connectivity index (χ3v) is 9.21. The summed E-state index contributed by atoms with van der Waals surface area (Å²) in [6, 6.07) is -4.07.